The van der Waals surface area contributed by atoms with Gasteiger partial charge in [0.1, 0.15) is 12.1 Å². The Morgan fingerprint density at radius 2 is 1.88 bits per heavy atom. The molecule has 0 saturated heterocycles. The summed E-state index contributed by atoms with van der Waals surface area (Å²) in [6, 6.07) is 19.6. The zero-order chi connectivity index (χ0) is 17.8. The number of hydrogen-bond acceptors (Lipinski definition) is 6. The number of hydrogen-bond donors (Lipinski definition) is 0. The molecule has 0 fully saturated rings. The van der Waals surface area contributed by atoms with Gasteiger partial charge in [-0.05, 0) is 12.1 Å². The van der Waals surface area contributed by atoms with Gasteiger partial charge in [0.2, 0.25) is 0 Å². The van der Waals surface area contributed by atoms with E-state index in [9.17, 15) is 0 Å². The summed E-state index contributed by atoms with van der Waals surface area (Å²) in [5, 5.41) is 13.2. The molecule has 6 nitrogen and oxygen atoms in total. The van der Waals surface area contributed by atoms with Gasteiger partial charge in [-0.3, -0.25) is 4.57 Å². The number of methoxy groups -OCH3 is 1. The lowest BCUT2D eigenvalue weighted by Crippen LogP contribution is -1.98. The molecule has 0 aliphatic heterocycles. The van der Waals surface area contributed by atoms with Crippen LogP contribution in [0.15, 0.2) is 76.7 Å². The molecule has 4 aromatic rings. The van der Waals surface area contributed by atoms with Crippen molar-refractivity contribution in [1.82, 2.24) is 19.9 Å². The highest BCUT2D eigenvalue weighted by atomic mass is 32.2. The van der Waals surface area contributed by atoms with E-state index in [1.54, 1.807) is 25.2 Å². The number of ether oxygens (including phenoxy) is 1. The van der Waals surface area contributed by atoms with E-state index >= 15 is 0 Å². The Morgan fingerprint density at radius 3 is 2.73 bits per heavy atom. The number of nitrogens with zero attached hydrogens (tertiary/aromatic N) is 4. The van der Waals surface area contributed by atoms with E-state index in [0.717, 1.165) is 33.6 Å². The van der Waals surface area contributed by atoms with Crippen molar-refractivity contribution in [1.29, 1.82) is 0 Å². The lowest BCUT2D eigenvalue weighted by Gasteiger charge is -2.10. The molecule has 130 valence electrons. The van der Waals surface area contributed by atoms with Crippen LogP contribution in [0.1, 0.15) is 5.69 Å². The van der Waals surface area contributed by atoms with Crippen molar-refractivity contribution in [3.63, 3.8) is 0 Å². The summed E-state index contributed by atoms with van der Waals surface area (Å²) in [6.07, 6.45) is 1.68. The standard InChI is InChI=1S/C19H16N4O2S/c1-24-17-10-6-5-9-16(17)23-13-20-21-19(23)26-12-15-11-18(25-22-15)14-7-3-2-4-8-14/h2-11,13H,12H2,1H3. The molecule has 0 aliphatic rings. The summed E-state index contributed by atoms with van der Waals surface area (Å²) < 4.78 is 12.8. The van der Waals surface area contributed by atoms with Gasteiger partial charge in [0, 0.05) is 17.4 Å². The molecule has 7 heteroatoms. The maximum absolute atomic E-state index is 5.45. The van der Waals surface area contributed by atoms with Crippen LogP contribution in [0.2, 0.25) is 0 Å². The Morgan fingerprint density at radius 1 is 1.08 bits per heavy atom. The minimum atomic E-state index is 0.629. The monoisotopic (exact) mass is 364 g/mol. The first-order valence-electron chi connectivity index (χ1n) is 8.02. The minimum absolute atomic E-state index is 0.629. The second kappa shape index (κ2) is 7.45. The topological polar surface area (TPSA) is 66.0 Å². The molecular weight excluding hydrogens is 348 g/mol. The van der Waals surface area contributed by atoms with Crippen molar-refractivity contribution < 1.29 is 9.26 Å². The molecule has 2 aromatic heterocycles. The molecule has 4 rings (SSSR count). The van der Waals surface area contributed by atoms with Crippen molar-refractivity contribution >= 4 is 11.8 Å². The van der Waals surface area contributed by atoms with Gasteiger partial charge < -0.3 is 9.26 Å². The van der Waals surface area contributed by atoms with E-state index in [-0.39, 0.29) is 0 Å². The van der Waals surface area contributed by atoms with Gasteiger partial charge in [-0.25, -0.2) is 0 Å². The predicted molar refractivity (Wildman–Crippen MR) is 99.4 cm³/mol. The average Bonchev–Trinajstić information content (AvgIpc) is 3.36. The molecule has 0 spiro atoms. The van der Waals surface area contributed by atoms with Crippen LogP contribution in [-0.2, 0) is 5.75 Å². The van der Waals surface area contributed by atoms with Gasteiger partial charge in [0.15, 0.2) is 10.9 Å². The third kappa shape index (κ3) is 3.34. The number of aromatic nitrogens is 4. The Balaban J connectivity index is 1.52. The van der Waals surface area contributed by atoms with E-state index < -0.39 is 0 Å². The molecule has 0 N–H and O–H groups in total. The first-order valence-corrected chi connectivity index (χ1v) is 9.01. The fraction of sp³-hybridized carbons (Fsp3) is 0.105. The van der Waals surface area contributed by atoms with Crippen LogP contribution < -0.4 is 4.74 Å². The Kier molecular flexibility index (Phi) is 4.70. The van der Waals surface area contributed by atoms with E-state index in [4.69, 9.17) is 9.26 Å². The van der Waals surface area contributed by atoms with Gasteiger partial charge in [0.25, 0.3) is 0 Å². The molecule has 0 bridgehead atoms. The smallest absolute Gasteiger partial charge is 0.196 e. The first-order chi connectivity index (χ1) is 12.8. The molecule has 2 heterocycles. The molecule has 0 unspecified atom stereocenters. The quantitative estimate of drug-likeness (QED) is 0.477. The maximum atomic E-state index is 5.45. The number of thioether (sulfide) groups is 1. The van der Waals surface area contributed by atoms with Crippen LogP contribution in [0.4, 0.5) is 0 Å². The van der Waals surface area contributed by atoms with Gasteiger partial charge in [-0.1, -0.05) is 59.4 Å². The third-order valence-electron chi connectivity index (χ3n) is 3.83. The van der Waals surface area contributed by atoms with Crippen LogP contribution >= 0.6 is 11.8 Å². The fourth-order valence-electron chi connectivity index (χ4n) is 2.57. The molecular formula is C19H16N4O2S. The highest BCUT2D eigenvalue weighted by Gasteiger charge is 2.13. The maximum Gasteiger partial charge on any atom is 0.196 e. The molecule has 0 radical (unpaired) electrons. The van der Waals surface area contributed by atoms with E-state index in [1.165, 1.54) is 0 Å². The normalized spacial score (nSPS) is 10.8. The summed E-state index contributed by atoms with van der Waals surface area (Å²) >= 11 is 1.54. The van der Waals surface area contributed by atoms with Crippen molar-refractivity contribution in [3.8, 4) is 22.8 Å². The van der Waals surface area contributed by atoms with Crippen LogP contribution in [0.5, 0.6) is 5.75 Å². The molecule has 0 saturated carbocycles. The van der Waals surface area contributed by atoms with Crippen molar-refractivity contribution in [2.45, 2.75) is 10.9 Å². The van der Waals surface area contributed by atoms with Gasteiger partial charge in [-0.15, -0.1) is 10.2 Å². The zero-order valence-electron chi connectivity index (χ0n) is 14.1. The van der Waals surface area contributed by atoms with Gasteiger partial charge in [0.05, 0.1) is 18.5 Å². The van der Waals surface area contributed by atoms with Crippen molar-refractivity contribution in [2.75, 3.05) is 7.11 Å². The van der Waals surface area contributed by atoms with Crippen LogP contribution in [-0.4, -0.2) is 27.0 Å². The lowest BCUT2D eigenvalue weighted by molar-refractivity contribution is 0.412. The summed E-state index contributed by atoms with van der Waals surface area (Å²) in [7, 11) is 1.65. The van der Waals surface area contributed by atoms with Crippen molar-refractivity contribution in [2.24, 2.45) is 0 Å². The molecule has 26 heavy (non-hydrogen) atoms. The predicted octanol–water partition coefficient (Wildman–Crippen LogP) is 4.22. The minimum Gasteiger partial charge on any atom is -0.495 e. The van der Waals surface area contributed by atoms with E-state index in [1.807, 2.05) is 65.2 Å². The Bertz CT molecular complexity index is 997. The summed E-state index contributed by atoms with van der Waals surface area (Å²) in [5.74, 6) is 2.15. The zero-order valence-corrected chi connectivity index (χ0v) is 14.9. The summed E-state index contributed by atoms with van der Waals surface area (Å²) in [4.78, 5) is 0. The SMILES string of the molecule is COc1ccccc1-n1cnnc1SCc1cc(-c2ccccc2)on1. The Labute approximate surface area is 154 Å². The fourth-order valence-corrected chi connectivity index (χ4v) is 3.38. The third-order valence-corrected chi connectivity index (χ3v) is 4.80. The first kappa shape index (κ1) is 16.4. The highest BCUT2D eigenvalue weighted by molar-refractivity contribution is 7.98. The van der Waals surface area contributed by atoms with Gasteiger partial charge >= 0.3 is 0 Å². The van der Waals surface area contributed by atoms with Crippen molar-refractivity contribution in [3.05, 3.63) is 72.7 Å². The summed E-state index contributed by atoms with van der Waals surface area (Å²) in [5.41, 5.74) is 2.75. The molecule has 0 atom stereocenters. The second-order valence-electron chi connectivity index (χ2n) is 5.49. The lowest BCUT2D eigenvalue weighted by atomic mass is 10.2. The summed E-state index contributed by atoms with van der Waals surface area (Å²) in [6.45, 7) is 0. The molecule has 0 aliphatic carbocycles. The highest BCUT2D eigenvalue weighted by Crippen LogP contribution is 2.29. The van der Waals surface area contributed by atoms with Crippen LogP contribution in [0.3, 0.4) is 0 Å². The molecule has 0 amide bonds. The van der Waals surface area contributed by atoms with Crippen LogP contribution in [0, 0.1) is 0 Å². The second-order valence-corrected chi connectivity index (χ2v) is 6.44. The van der Waals surface area contributed by atoms with Crippen LogP contribution in [0.25, 0.3) is 17.0 Å². The largest absolute Gasteiger partial charge is 0.495 e. The average molecular weight is 364 g/mol. The van der Waals surface area contributed by atoms with E-state index in [2.05, 4.69) is 15.4 Å². The molecule has 2 aromatic carbocycles. The Hall–Kier alpha value is -3.06. The van der Waals surface area contributed by atoms with Gasteiger partial charge in [-0.2, -0.15) is 0 Å². The van der Waals surface area contributed by atoms with E-state index in [0.29, 0.717) is 5.75 Å². The number of benzene rings is 2. The number of rotatable bonds is 6. The number of para-hydroxylation sites is 2.